The first-order valence-corrected chi connectivity index (χ1v) is 11.7. The van der Waals surface area contributed by atoms with Crippen LogP contribution in [0.2, 0.25) is 0 Å². The van der Waals surface area contributed by atoms with Crippen molar-refractivity contribution < 1.29 is 19.1 Å². The van der Waals surface area contributed by atoms with Crippen molar-refractivity contribution in [1.82, 2.24) is 9.47 Å². The molecule has 8 heteroatoms. The normalized spacial score (nSPS) is 14.5. The number of amides is 2. The van der Waals surface area contributed by atoms with E-state index in [-0.39, 0.29) is 17.7 Å². The molecule has 1 saturated heterocycles. The number of aryl methyl sites for hydroxylation is 2. The highest BCUT2D eigenvalue weighted by molar-refractivity contribution is 8.18. The third kappa shape index (κ3) is 4.51. The van der Waals surface area contributed by atoms with E-state index < -0.39 is 5.97 Å². The smallest absolute Gasteiger partial charge is 0.337 e. The maximum absolute atomic E-state index is 13.1. The van der Waals surface area contributed by atoms with Gasteiger partial charge in [0.2, 0.25) is 0 Å². The lowest BCUT2D eigenvalue weighted by Gasteiger charge is -2.14. The van der Waals surface area contributed by atoms with E-state index >= 15 is 0 Å². The van der Waals surface area contributed by atoms with Gasteiger partial charge < -0.3 is 9.30 Å². The fourth-order valence-corrected chi connectivity index (χ4v) is 5.00. The Morgan fingerprint density at radius 2 is 1.86 bits per heavy atom. The maximum atomic E-state index is 13.1. The molecular formula is C27H23N3O4S. The summed E-state index contributed by atoms with van der Waals surface area (Å²) < 4.78 is 6.86. The third-order valence-electron chi connectivity index (χ3n) is 5.96. The summed E-state index contributed by atoms with van der Waals surface area (Å²) in [7, 11) is 1.35. The molecule has 0 bridgehead atoms. The zero-order valence-corrected chi connectivity index (χ0v) is 20.6. The Morgan fingerprint density at radius 1 is 1.11 bits per heavy atom. The molecule has 2 heterocycles. The van der Waals surface area contributed by atoms with Crippen molar-refractivity contribution >= 4 is 35.0 Å². The Hall–Kier alpha value is -4.09. The Kier molecular flexibility index (Phi) is 6.63. The van der Waals surface area contributed by atoms with Gasteiger partial charge in [-0.3, -0.25) is 14.5 Å². The van der Waals surface area contributed by atoms with Crippen LogP contribution in [0.3, 0.4) is 0 Å². The minimum Gasteiger partial charge on any atom is -0.465 e. The first-order valence-electron chi connectivity index (χ1n) is 10.9. The number of hydrogen-bond donors (Lipinski definition) is 0. The molecule has 0 atom stereocenters. The quantitative estimate of drug-likeness (QED) is 0.360. The van der Waals surface area contributed by atoms with Gasteiger partial charge in [-0.05, 0) is 85.6 Å². The number of imide groups is 1. The molecule has 1 aliphatic rings. The lowest BCUT2D eigenvalue weighted by atomic mass is 10.1. The minimum absolute atomic E-state index is 0.0521. The lowest BCUT2D eigenvalue weighted by Crippen LogP contribution is -2.27. The van der Waals surface area contributed by atoms with Crippen LogP contribution in [0.5, 0.6) is 0 Å². The Balaban J connectivity index is 1.65. The first-order chi connectivity index (χ1) is 16.7. The van der Waals surface area contributed by atoms with Gasteiger partial charge >= 0.3 is 5.97 Å². The Labute approximate surface area is 207 Å². The van der Waals surface area contributed by atoms with Gasteiger partial charge in [0, 0.05) is 17.1 Å². The van der Waals surface area contributed by atoms with E-state index in [1.807, 2.05) is 32.9 Å². The van der Waals surface area contributed by atoms with Gasteiger partial charge in [-0.25, -0.2) is 4.79 Å². The van der Waals surface area contributed by atoms with Crippen LogP contribution in [-0.2, 0) is 16.1 Å². The number of nitrogens with zero attached hydrogens (tertiary/aromatic N) is 3. The van der Waals surface area contributed by atoms with E-state index in [0.29, 0.717) is 21.6 Å². The Bertz CT molecular complexity index is 1450. The zero-order valence-electron chi connectivity index (χ0n) is 19.8. The highest BCUT2D eigenvalue weighted by Crippen LogP contribution is 2.35. The molecule has 2 amide bonds. The number of methoxy groups -OCH3 is 1. The van der Waals surface area contributed by atoms with Crippen molar-refractivity contribution in [3.05, 3.63) is 92.6 Å². The van der Waals surface area contributed by atoms with Crippen LogP contribution < -0.4 is 0 Å². The largest absolute Gasteiger partial charge is 0.465 e. The lowest BCUT2D eigenvalue weighted by molar-refractivity contribution is -0.123. The number of thioether (sulfide) groups is 1. The molecule has 0 N–H and O–H groups in total. The third-order valence-corrected chi connectivity index (χ3v) is 6.86. The van der Waals surface area contributed by atoms with E-state index in [4.69, 9.17) is 4.74 Å². The van der Waals surface area contributed by atoms with Crippen molar-refractivity contribution in [3.8, 4) is 11.8 Å². The van der Waals surface area contributed by atoms with Crippen LogP contribution in [-0.4, -0.2) is 33.7 Å². The summed E-state index contributed by atoms with van der Waals surface area (Å²) in [6.07, 6.45) is 1.73. The number of nitriles is 1. The first kappa shape index (κ1) is 24.0. The van der Waals surface area contributed by atoms with Crippen LogP contribution in [0, 0.1) is 32.1 Å². The van der Waals surface area contributed by atoms with Gasteiger partial charge in [-0.15, -0.1) is 0 Å². The van der Waals surface area contributed by atoms with Gasteiger partial charge in [0.25, 0.3) is 11.1 Å². The number of esters is 1. The Morgan fingerprint density at radius 3 is 2.54 bits per heavy atom. The molecule has 1 aliphatic heterocycles. The molecule has 176 valence electrons. The van der Waals surface area contributed by atoms with Crippen molar-refractivity contribution in [2.75, 3.05) is 7.11 Å². The van der Waals surface area contributed by atoms with Crippen molar-refractivity contribution in [2.24, 2.45) is 0 Å². The summed E-state index contributed by atoms with van der Waals surface area (Å²) in [5.41, 5.74) is 6.02. The number of rotatable bonds is 5. The monoisotopic (exact) mass is 485 g/mol. The van der Waals surface area contributed by atoms with Crippen LogP contribution >= 0.6 is 11.8 Å². The van der Waals surface area contributed by atoms with Gasteiger partial charge in [0.15, 0.2) is 0 Å². The van der Waals surface area contributed by atoms with Crippen LogP contribution in [0.4, 0.5) is 4.79 Å². The maximum Gasteiger partial charge on any atom is 0.337 e. The highest BCUT2D eigenvalue weighted by Gasteiger charge is 2.35. The number of benzene rings is 2. The summed E-state index contributed by atoms with van der Waals surface area (Å²) in [6.45, 7) is 5.88. The molecule has 3 aromatic rings. The summed E-state index contributed by atoms with van der Waals surface area (Å²) in [5, 5.41) is 8.95. The van der Waals surface area contributed by atoms with Crippen LogP contribution in [0.25, 0.3) is 11.8 Å². The molecule has 4 rings (SSSR count). The van der Waals surface area contributed by atoms with Crippen LogP contribution in [0.15, 0.2) is 53.4 Å². The molecule has 0 saturated carbocycles. The van der Waals surface area contributed by atoms with E-state index in [2.05, 4.69) is 10.6 Å². The van der Waals surface area contributed by atoms with Gasteiger partial charge in [-0.1, -0.05) is 18.2 Å². The molecule has 1 aromatic heterocycles. The fraction of sp³-hybridized carbons (Fsp3) is 0.185. The van der Waals surface area contributed by atoms with Crippen molar-refractivity contribution in [1.29, 1.82) is 5.26 Å². The average molecular weight is 486 g/mol. The molecule has 7 nitrogen and oxygen atoms in total. The van der Waals surface area contributed by atoms with Gasteiger partial charge in [0.05, 0.1) is 35.8 Å². The standard InChI is InChI=1S/C27H23N3O4S/c1-16-11-19(26(32)34-4)9-10-23(16)30-17(2)12-22(18(30)3)13-24-25(31)29(27(33)35-24)15-21-8-6-5-7-20(21)14-28/h5-13H,15H2,1-4H3/b24-13+. The topological polar surface area (TPSA) is 92.4 Å². The number of carbonyl (C=O) groups is 3. The number of aromatic nitrogens is 1. The summed E-state index contributed by atoms with van der Waals surface area (Å²) in [4.78, 5) is 39.1. The highest BCUT2D eigenvalue weighted by atomic mass is 32.2. The van der Waals surface area contributed by atoms with E-state index in [1.54, 1.807) is 42.5 Å². The predicted molar refractivity (Wildman–Crippen MR) is 134 cm³/mol. The molecule has 0 spiro atoms. The molecular weight excluding hydrogens is 462 g/mol. The van der Waals surface area contributed by atoms with E-state index in [9.17, 15) is 19.6 Å². The molecule has 0 radical (unpaired) electrons. The molecule has 0 unspecified atom stereocenters. The molecule has 1 fully saturated rings. The number of hydrogen-bond acceptors (Lipinski definition) is 6. The van der Waals surface area contributed by atoms with E-state index in [1.165, 1.54) is 12.0 Å². The predicted octanol–water partition coefficient (Wildman–Crippen LogP) is 5.30. The summed E-state index contributed by atoms with van der Waals surface area (Å²) >= 11 is 0.895. The number of ether oxygens (including phenoxy) is 1. The second-order valence-corrected chi connectivity index (χ2v) is 9.18. The summed E-state index contributed by atoms with van der Waals surface area (Å²) in [6, 6.07) is 16.4. The van der Waals surface area contributed by atoms with Gasteiger partial charge in [-0.2, -0.15) is 5.26 Å². The van der Waals surface area contributed by atoms with Crippen molar-refractivity contribution in [2.45, 2.75) is 27.3 Å². The molecule has 2 aromatic carbocycles. The molecule has 35 heavy (non-hydrogen) atoms. The fourth-order valence-electron chi connectivity index (χ4n) is 4.17. The van der Waals surface area contributed by atoms with Gasteiger partial charge in [0.1, 0.15) is 0 Å². The number of carbonyl (C=O) groups excluding carboxylic acids is 3. The SMILES string of the molecule is COC(=O)c1ccc(-n2c(C)cc(/C=C3/SC(=O)N(Cc4ccccc4C#N)C3=O)c2C)c(C)c1. The average Bonchev–Trinajstić information content (AvgIpc) is 3.27. The second kappa shape index (κ2) is 9.65. The second-order valence-electron chi connectivity index (χ2n) is 8.19. The summed E-state index contributed by atoms with van der Waals surface area (Å²) in [5.74, 6) is -0.773. The van der Waals surface area contributed by atoms with Crippen molar-refractivity contribution in [3.63, 3.8) is 0 Å². The minimum atomic E-state index is -0.394. The zero-order chi connectivity index (χ0) is 25.3. The van der Waals surface area contributed by atoms with Crippen LogP contribution in [0.1, 0.15) is 44.0 Å². The molecule has 0 aliphatic carbocycles. The van der Waals surface area contributed by atoms with E-state index in [0.717, 1.165) is 40.0 Å².